The van der Waals surface area contributed by atoms with Crippen LogP contribution in [0.2, 0.25) is 0 Å². The number of hydrogen-bond acceptors (Lipinski definition) is 4. The smallest absolute Gasteiger partial charge is 0.256 e. The van der Waals surface area contributed by atoms with Crippen molar-refractivity contribution in [1.82, 2.24) is 0 Å². The molecule has 0 aliphatic carbocycles. The molecule has 0 aromatic heterocycles. The summed E-state index contributed by atoms with van der Waals surface area (Å²) in [5.41, 5.74) is 16.2. The van der Waals surface area contributed by atoms with Crippen LogP contribution in [0.5, 0.6) is 11.5 Å². The van der Waals surface area contributed by atoms with E-state index < -0.39 is 5.91 Å². The van der Waals surface area contributed by atoms with E-state index in [1.54, 1.807) is 24.4 Å². The van der Waals surface area contributed by atoms with E-state index >= 15 is 0 Å². The molecule has 8 nitrogen and oxygen atoms in total. The lowest BCUT2D eigenvalue weighted by Crippen LogP contribution is -2.63. The zero-order valence-electron chi connectivity index (χ0n) is 11.1. The van der Waals surface area contributed by atoms with E-state index in [2.05, 4.69) is 10.2 Å². The Balaban J connectivity index is 2.91. The molecule has 1 rings (SSSR count). The van der Waals surface area contributed by atoms with Gasteiger partial charge in [0.05, 0.1) is 6.61 Å². The number of carbonyl (C=O) groups is 1. The van der Waals surface area contributed by atoms with Gasteiger partial charge in [0.25, 0.3) is 11.9 Å². The minimum Gasteiger partial charge on any atom is -0.490 e. The maximum absolute atomic E-state index is 10.7. The number of nitrogens with two attached hydrogens (primary N) is 3. The molecule has 0 saturated carbocycles. The summed E-state index contributed by atoms with van der Waals surface area (Å²) < 4.78 is 10.7. The van der Waals surface area contributed by atoms with Crippen LogP contribution in [-0.2, 0) is 4.79 Å². The number of amides is 1. The summed E-state index contributed by atoms with van der Waals surface area (Å²) in [5.74, 6) is 0.295. The van der Waals surface area contributed by atoms with Crippen molar-refractivity contribution < 1.29 is 19.4 Å². The molecular weight excluding hydrogens is 262 g/mol. The number of primary amides is 1. The third kappa shape index (κ3) is 5.25. The molecule has 1 amide bonds. The van der Waals surface area contributed by atoms with Crippen LogP contribution >= 0.6 is 0 Å². The maximum Gasteiger partial charge on any atom is 0.256 e. The second-order valence-electron chi connectivity index (χ2n) is 3.70. The number of ether oxygens (including phenoxy) is 2. The molecule has 0 aliphatic rings. The Morgan fingerprint density at radius 3 is 2.65 bits per heavy atom. The van der Waals surface area contributed by atoms with Crippen LogP contribution in [0.4, 0.5) is 0 Å². The van der Waals surface area contributed by atoms with Crippen LogP contribution in [-0.4, -0.2) is 31.3 Å². The fourth-order valence-corrected chi connectivity index (χ4v) is 1.33. The van der Waals surface area contributed by atoms with Crippen LogP contribution in [0.15, 0.2) is 23.3 Å². The first-order valence-corrected chi connectivity index (χ1v) is 5.88. The zero-order valence-corrected chi connectivity index (χ0v) is 11.1. The van der Waals surface area contributed by atoms with Gasteiger partial charge in [-0.25, -0.2) is 0 Å². The molecule has 0 aliphatic heterocycles. The second-order valence-corrected chi connectivity index (χ2v) is 3.70. The highest BCUT2D eigenvalue weighted by molar-refractivity contribution is 5.78. The maximum atomic E-state index is 10.7. The number of hydrazone groups is 1. The second kappa shape index (κ2) is 7.62. The molecule has 0 atom stereocenters. The largest absolute Gasteiger partial charge is 0.490 e. The Morgan fingerprint density at radius 2 is 2.05 bits per heavy atom. The summed E-state index contributed by atoms with van der Waals surface area (Å²) >= 11 is 0. The van der Waals surface area contributed by atoms with Gasteiger partial charge in [-0.05, 0) is 25.1 Å². The number of benzene rings is 1. The van der Waals surface area contributed by atoms with E-state index in [-0.39, 0.29) is 12.6 Å². The van der Waals surface area contributed by atoms with Crippen LogP contribution in [0.25, 0.3) is 0 Å². The quantitative estimate of drug-likeness (QED) is 0.251. The third-order valence-electron chi connectivity index (χ3n) is 2.06. The molecule has 0 saturated heterocycles. The molecule has 108 valence electrons. The molecule has 0 heterocycles. The molecule has 0 radical (unpaired) electrons. The van der Waals surface area contributed by atoms with E-state index in [0.717, 1.165) is 5.56 Å². The minimum atomic E-state index is -0.558. The van der Waals surface area contributed by atoms with Crippen molar-refractivity contribution >= 4 is 18.1 Å². The fourth-order valence-electron chi connectivity index (χ4n) is 1.33. The highest BCUT2D eigenvalue weighted by Crippen LogP contribution is 2.27. The lowest BCUT2D eigenvalue weighted by atomic mass is 10.2. The van der Waals surface area contributed by atoms with E-state index in [1.807, 2.05) is 6.92 Å². The van der Waals surface area contributed by atoms with Crippen molar-refractivity contribution in [3.05, 3.63) is 23.8 Å². The van der Waals surface area contributed by atoms with Gasteiger partial charge in [-0.1, -0.05) is 0 Å². The molecule has 0 unspecified atom stereocenters. The predicted octanol–water partition coefficient (Wildman–Crippen LogP) is -2.36. The van der Waals surface area contributed by atoms with Crippen molar-refractivity contribution in [2.75, 3.05) is 13.2 Å². The van der Waals surface area contributed by atoms with E-state index in [4.69, 9.17) is 26.7 Å². The standard InChI is InChI=1S/C12H17N5O3/c1-2-19-10-5-8(6-16-17-12(14)15)3-4-9(10)20-7-11(13)18/h3-6H,2,7H2,1H3,(H2,13,18)(H4,14,15,17)/p+1/b16-6+. The van der Waals surface area contributed by atoms with E-state index in [9.17, 15) is 4.79 Å². The van der Waals surface area contributed by atoms with E-state index in [1.165, 1.54) is 0 Å². The van der Waals surface area contributed by atoms with Crippen LogP contribution in [0, 0.1) is 0 Å². The number of rotatable bonds is 7. The summed E-state index contributed by atoms with van der Waals surface area (Å²) in [6, 6.07) is 5.13. The minimum absolute atomic E-state index is 0.0762. The molecular formula is C12H18N5O3+. The Bertz CT molecular complexity index is 524. The van der Waals surface area contributed by atoms with Crippen LogP contribution in [0.1, 0.15) is 12.5 Å². The summed E-state index contributed by atoms with van der Waals surface area (Å²) in [5, 5.41) is 6.19. The molecule has 1 aromatic rings. The van der Waals surface area contributed by atoms with Gasteiger partial charge in [-0.15, -0.1) is 5.10 Å². The van der Waals surface area contributed by atoms with Gasteiger partial charge in [0.15, 0.2) is 18.1 Å². The summed E-state index contributed by atoms with van der Waals surface area (Å²) in [6.07, 6.45) is 1.58. The Hall–Kier alpha value is -2.77. The van der Waals surface area contributed by atoms with Gasteiger partial charge in [-0.2, -0.15) is 0 Å². The first-order chi connectivity index (χ1) is 9.52. The zero-order chi connectivity index (χ0) is 15.0. The lowest BCUT2D eigenvalue weighted by Gasteiger charge is -2.10. The Labute approximate surface area is 116 Å². The van der Waals surface area contributed by atoms with Gasteiger partial charge >= 0.3 is 0 Å². The summed E-state index contributed by atoms with van der Waals surface area (Å²) in [7, 11) is 0. The van der Waals surface area contributed by atoms with Crippen molar-refractivity contribution in [1.29, 1.82) is 0 Å². The SMILES string of the molecule is CCOc1cc(/C=[NH+]/N=C(N)N)ccc1OCC(N)=O. The average molecular weight is 280 g/mol. The summed E-state index contributed by atoms with van der Waals surface area (Å²) in [6.45, 7) is 2.08. The number of carbonyl (C=O) groups excluding carboxylic acids is 1. The number of nitrogens with zero attached hydrogens (tertiary/aromatic N) is 1. The molecule has 7 N–H and O–H groups in total. The first kappa shape index (κ1) is 15.3. The highest BCUT2D eigenvalue weighted by Gasteiger charge is 2.08. The first-order valence-electron chi connectivity index (χ1n) is 5.88. The monoisotopic (exact) mass is 280 g/mol. The summed E-state index contributed by atoms with van der Waals surface area (Å²) in [4.78, 5) is 10.7. The molecule has 8 heteroatoms. The molecule has 20 heavy (non-hydrogen) atoms. The third-order valence-corrected chi connectivity index (χ3v) is 2.06. The Morgan fingerprint density at radius 1 is 1.30 bits per heavy atom. The van der Waals surface area contributed by atoms with E-state index in [0.29, 0.717) is 18.1 Å². The van der Waals surface area contributed by atoms with Crippen molar-refractivity contribution in [2.45, 2.75) is 6.92 Å². The molecule has 0 bridgehead atoms. The molecule has 1 aromatic carbocycles. The number of guanidine groups is 1. The van der Waals surface area contributed by atoms with Crippen molar-refractivity contribution in [2.24, 2.45) is 22.3 Å². The predicted molar refractivity (Wildman–Crippen MR) is 74.2 cm³/mol. The molecule has 0 fully saturated rings. The van der Waals surface area contributed by atoms with Gasteiger partial charge < -0.3 is 26.7 Å². The van der Waals surface area contributed by atoms with Crippen LogP contribution in [0.3, 0.4) is 0 Å². The van der Waals surface area contributed by atoms with Gasteiger partial charge in [0.2, 0.25) is 6.21 Å². The Kier molecular flexibility index (Phi) is 5.82. The van der Waals surface area contributed by atoms with Gasteiger partial charge in [0.1, 0.15) is 0 Å². The average Bonchev–Trinajstić information content (AvgIpc) is 2.37. The molecule has 0 spiro atoms. The number of nitrogens with one attached hydrogen (secondary N) is 1. The fraction of sp³-hybridized carbons (Fsp3) is 0.250. The van der Waals surface area contributed by atoms with Crippen molar-refractivity contribution in [3.63, 3.8) is 0 Å². The van der Waals surface area contributed by atoms with Gasteiger partial charge in [-0.3, -0.25) is 4.79 Å². The van der Waals surface area contributed by atoms with Gasteiger partial charge in [0, 0.05) is 10.7 Å². The lowest BCUT2D eigenvalue weighted by molar-refractivity contribution is -0.456. The highest BCUT2D eigenvalue weighted by atomic mass is 16.5. The number of hydrogen-bond donors (Lipinski definition) is 4. The van der Waals surface area contributed by atoms with Crippen molar-refractivity contribution in [3.8, 4) is 11.5 Å². The van der Waals surface area contributed by atoms with Crippen LogP contribution < -0.4 is 31.8 Å². The topological polar surface area (TPSA) is 140 Å². The normalized spacial score (nSPS) is 10.2.